The normalized spacial score (nSPS) is 18.1. The highest BCUT2D eigenvalue weighted by Gasteiger charge is 2.23. The summed E-state index contributed by atoms with van der Waals surface area (Å²) in [5.74, 6) is 0.169. The molecule has 0 saturated carbocycles. The molecule has 1 heterocycles. The molecule has 0 radical (unpaired) electrons. The second-order valence-electron chi connectivity index (χ2n) is 6.42. The summed E-state index contributed by atoms with van der Waals surface area (Å²) in [6.45, 7) is 5.27. The Morgan fingerprint density at radius 2 is 2.05 bits per heavy atom. The van der Waals surface area contributed by atoms with E-state index in [1.165, 1.54) is 12.0 Å². The first-order valence-electron chi connectivity index (χ1n) is 7.63. The fraction of sp³-hybridized carbons (Fsp3) is 0.588. The number of rotatable bonds is 6. The number of amides is 1. The van der Waals surface area contributed by atoms with Crippen LogP contribution in [0.5, 0.6) is 0 Å². The third-order valence-corrected chi connectivity index (χ3v) is 3.95. The van der Waals surface area contributed by atoms with Crippen LogP contribution in [0.25, 0.3) is 0 Å². The van der Waals surface area contributed by atoms with Crippen LogP contribution in [0.3, 0.4) is 0 Å². The third kappa shape index (κ3) is 6.49. The monoisotopic (exact) mass is 310 g/mol. The van der Waals surface area contributed by atoms with Crippen molar-refractivity contribution < 1.29 is 4.79 Å². The molecule has 3 nitrogen and oxygen atoms in total. The lowest BCUT2D eigenvalue weighted by Crippen LogP contribution is -2.45. The molecule has 1 atom stereocenters. The van der Waals surface area contributed by atoms with Gasteiger partial charge in [0.2, 0.25) is 5.91 Å². The van der Waals surface area contributed by atoms with E-state index in [1.54, 1.807) is 0 Å². The summed E-state index contributed by atoms with van der Waals surface area (Å²) >= 11 is 0. The van der Waals surface area contributed by atoms with E-state index in [9.17, 15) is 4.79 Å². The van der Waals surface area contributed by atoms with Crippen molar-refractivity contribution in [1.82, 2.24) is 10.6 Å². The van der Waals surface area contributed by atoms with Crippen LogP contribution in [0, 0.1) is 0 Å². The Kier molecular flexibility index (Phi) is 7.20. The SMILES string of the molecule is CC(C)(CCc1ccccc1)NC(=O)CC1CCCN1.Cl. The first-order chi connectivity index (χ1) is 9.55. The molecule has 2 N–H and O–H groups in total. The Hall–Kier alpha value is -1.06. The zero-order valence-electron chi connectivity index (χ0n) is 13.0. The molecule has 2 rings (SSSR count). The van der Waals surface area contributed by atoms with E-state index < -0.39 is 0 Å². The number of nitrogens with one attached hydrogen (secondary N) is 2. The van der Waals surface area contributed by atoms with E-state index >= 15 is 0 Å². The van der Waals surface area contributed by atoms with Crippen molar-refractivity contribution in [3.05, 3.63) is 35.9 Å². The first kappa shape index (κ1) is 18.0. The number of hydrogen-bond acceptors (Lipinski definition) is 2. The van der Waals surface area contributed by atoms with Crippen LogP contribution >= 0.6 is 12.4 Å². The predicted molar refractivity (Wildman–Crippen MR) is 89.9 cm³/mol. The molecule has 4 heteroatoms. The molecule has 1 amide bonds. The molecule has 1 fully saturated rings. The summed E-state index contributed by atoms with van der Waals surface area (Å²) in [5, 5.41) is 6.54. The van der Waals surface area contributed by atoms with E-state index in [0.29, 0.717) is 12.5 Å². The minimum Gasteiger partial charge on any atom is -0.351 e. The van der Waals surface area contributed by atoms with Gasteiger partial charge in [-0.25, -0.2) is 0 Å². The lowest BCUT2D eigenvalue weighted by molar-refractivity contribution is -0.123. The topological polar surface area (TPSA) is 41.1 Å². The molecule has 1 aliphatic rings. The van der Waals surface area contributed by atoms with Gasteiger partial charge in [0.15, 0.2) is 0 Å². The average molecular weight is 311 g/mol. The summed E-state index contributed by atoms with van der Waals surface area (Å²) in [5.41, 5.74) is 1.18. The summed E-state index contributed by atoms with van der Waals surface area (Å²) in [6.07, 6.45) is 4.87. The van der Waals surface area contributed by atoms with Gasteiger partial charge in [-0.1, -0.05) is 30.3 Å². The minimum absolute atomic E-state index is 0. The Bertz CT molecular complexity index is 428. The second-order valence-corrected chi connectivity index (χ2v) is 6.42. The third-order valence-electron chi connectivity index (χ3n) is 3.95. The number of halogens is 1. The molecule has 1 aliphatic heterocycles. The van der Waals surface area contributed by atoms with Gasteiger partial charge < -0.3 is 10.6 Å². The number of benzene rings is 1. The lowest BCUT2D eigenvalue weighted by Gasteiger charge is -2.27. The molecule has 1 aromatic carbocycles. The van der Waals surface area contributed by atoms with Gasteiger partial charge >= 0.3 is 0 Å². The number of carbonyl (C=O) groups is 1. The highest BCUT2D eigenvalue weighted by Crippen LogP contribution is 2.15. The molecule has 0 aliphatic carbocycles. The summed E-state index contributed by atoms with van der Waals surface area (Å²) < 4.78 is 0. The highest BCUT2D eigenvalue weighted by molar-refractivity contribution is 5.85. The van der Waals surface area contributed by atoms with Gasteiger partial charge in [-0.2, -0.15) is 0 Å². The van der Waals surface area contributed by atoms with Crippen molar-refractivity contribution in [2.75, 3.05) is 6.54 Å². The molecular weight excluding hydrogens is 284 g/mol. The fourth-order valence-corrected chi connectivity index (χ4v) is 2.75. The number of carbonyl (C=O) groups excluding carboxylic acids is 1. The van der Waals surface area contributed by atoms with Crippen LogP contribution in [-0.4, -0.2) is 24.0 Å². The van der Waals surface area contributed by atoms with Crippen LogP contribution in [-0.2, 0) is 11.2 Å². The van der Waals surface area contributed by atoms with Crippen LogP contribution in [0.1, 0.15) is 45.1 Å². The van der Waals surface area contributed by atoms with Gasteiger partial charge in [0.25, 0.3) is 0 Å². The molecule has 0 spiro atoms. The standard InChI is InChI=1S/C17H26N2O.ClH/c1-17(2,11-10-14-7-4-3-5-8-14)19-16(20)13-15-9-6-12-18-15;/h3-5,7-8,15,18H,6,9-13H2,1-2H3,(H,19,20);1H. The maximum atomic E-state index is 12.1. The maximum Gasteiger partial charge on any atom is 0.221 e. The van der Waals surface area contributed by atoms with Gasteiger partial charge in [0.1, 0.15) is 0 Å². The van der Waals surface area contributed by atoms with E-state index in [1.807, 2.05) is 6.07 Å². The van der Waals surface area contributed by atoms with Gasteiger partial charge in [-0.3, -0.25) is 4.79 Å². The number of aryl methyl sites for hydroxylation is 1. The Morgan fingerprint density at radius 3 is 2.67 bits per heavy atom. The van der Waals surface area contributed by atoms with Crippen molar-refractivity contribution in [2.45, 2.75) is 57.5 Å². The molecule has 21 heavy (non-hydrogen) atoms. The van der Waals surface area contributed by atoms with E-state index in [0.717, 1.165) is 25.8 Å². The highest BCUT2D eigenvalue weighted by atomic mass is 35.5. The Balaban J connectivity index is 0.00000220. The maximum absolute atomic E-state index is 12.1. The van der Waals surface area contributed by atoms with Crippen LogP contribution < -0.4 is 10.6 Å². The summed E-state index contributed by atoms with van der Waals surface area (Å²) in [7, 11) is 0. The van der Waals surface area contributed by atoms with Crippen LogP contribution in [0.4, 0.5) is 0 Å². The lowest BCUT2D eigenvalue weighted by atomic mass is 9.95. The second kappa shape index (κ2) is 8.40. The first-order valence-corrected chi connectivity index (χ1v) is 7.63. The smallest absolute Gasteiger partial charge is 0.221 e. The van der Waals surface area contributed by atoms with Crippen molar-refractivity contribution in [3.63, 3.8) is 0 Å². The molecule has 1 aromatic rings. The molecular formula is C17H27ClN2O. The largest absolute Gasteiger partial charge is 0.351 e. The van der Waals surface area contributed by atoms with Crippen molar-refractivity contribution in [1.29, 1.82) is 0 Å². The minimum atomic E-state index is -0.147. The van der Waals surface area contributed by atoms with Crippen LogP contribution in [0.2, 0.25) is 0 Å². The van der Waals surface area contributed by atoms with Crippen LogP contribution in [0.15, 0.2) is 30.3 Å². The summed E-state index contributed by atoms with van der Waals surface area (Å²) in [4.78, 5) is 12.1. The van der Waals surface area contributed by atoms with Gasteiger partial charge in [0.05, 0.1) is 0 Å². The quantitative estimate of drug-likeness (QED) is 0.848. The Labute approximate surface area is 134 Å². The zero-order chi connectivity index (χ0) is 14.4. The van der Waals surface area contributed by atoms with Gasteiger partial charge in [-0.15, -0.1) is 12.4 Å². The van der Waals surface area contributed by atoms with Gasteiger partial charge in [-0.05, 0) is 51.6 Å². The molecule has 118 valence electrons. The van der Waals surface area contributed by atoms with Crippen molar-refractivity contribution in [3.8, 4) is 0 Å². The average Bonchev–Trinajstić information content (AvgIpc) is 2.90. The molecule has 0 aromatic heterocycles. The van der Waals surface area contributed by atoms with E-state index in [2.05, 4.69) is 48.7 Å². The van der Waals surface area contributed by atoms with E-state index in [-0.39, 0.29) is 23.9 Å². The molecule has 0 bridgehead atoms. The zero-order valence-corrected chi connectivity index (χ0v) is 13.8. The van der Waals surface area contributed by atoms with Crippen molar-refractivity contribution in [2.24, 2.45) is 0 Å². The predicted octanol–water partition coefficient (Wildman–Crippen LogP) is 3.08. The Morgan fingerprint density at radius 1 is 1.33 bits per heavy atom. The number of hydrogen-bond donors (Lipinski definition) is 2. The van der Waals surface area contributed by atoms with E-state index in [4.69, 9.17) is 0 Å². The fourth-order valence-electron chi connectivity index (χ4n) is 2.75. The molecule has 1 saturated heterocycles. The molecule has 1 unspecified atom stereocenters. The summed E-state index contributed by atoms with van der Waals surface area (Å²) in [6, 6.07) is 10.8. The van der Waals surface area contributed by atoms with Crippen molar-refractivity contribution >= 4 is 18.3 Å². The van der Waals surface area contributed by atoms with Gasteiger partial charge in [0, 0.05) is 18.0 Å².